The molecule has 1 aromatic carbocycles. The molecule has 5 nitrogen and oxygen atoms in total. The number of aromatic hydroxyl groups is 1. The third kappa shape index (κ3) is 3.78. The van der Waals surface area contributed by atoms with Crippen molar-refractivity contribution in [3.05, 3.63) is 29.3 Å². The fourth-order valence-electron chi connectivity index (χ4n) is 3.44. The van der Waals surface area contributed by atoms with Gasteiger partial charge in [-0.2, -0.15) is 0 Å². The van der Waals surface area contributed by atoms with Gasteiger partial charge in [-0.25, -0.2) is 4.79 Å². The summed E-state index contributed by atoms with van der Waals surface area (Å²) in [4.78, 5) is 11.7. The minimum atomic E-state index is -0.457. The van der Waals surface area contributed by atoms with Crippen molar-refractivity contribution in [2.45, 2.75) is 70.2 Å². The van der Waals surface area contributed by atoms with Crippen LogP contribution in [0.4, 0.5) is 4.79 Å². The standard InChI is InChI=1S/C18H26N2O3/c1-18(2,3)23-17(22)20-12-9-11(10-12)19-15-8-7-14-13(15)5-4-6-16(14)21/h4-6,11-12,15,19,21H,7-10H2,1-3H3,(H,20,22). The van der Waals surface area contributed by atoms with Gasteiger partial charge < -0.3 is 20.5 Å². The first-order valence-electron chi connectivity index (χ1n) is 8.38. The SMILES string of the molecule is CC(C)(C)OC(=O)NC1CC(NC2CCc3c(O)cccc32)C1. The second kappa shape index (κ2) is 6.04. The van der Waals surface area contributed by atoms with Gasteiger partial charge in [0.1, 0.15) is 11.4 Å². The number of alkyl carbamates (subject to hydrolysis) is 1. The molecule has 2 aliphatic carbocycles. The number of rotatable bonds is 3. The van der Waals surface area contributed by atoms with E-state index in [1.807, 2.05) is 26.8 Å². The van der Waals surface area contributed by atoms with E-state index in [0.717, 1.165) is 31.2 Å². The lowest BCUT2D eigenvalue weighted by Crippen LogP contribution is -2.53. The molecule has 1 aromatic rings. The van der Waals surface area contributed by atoms with Crippen LogP contribution >= 0.6 is 0 Å². The largest absolute Gasteiger partial charge is 0.508 e. The number of ether oxygens (including phenoxy) is 1. The van der Waals surface area contributed by atoms with Crippen molar-refractivity contribution in [3.63, 3.8) is 0 Å². The maximum Gasteiger partial charge on any atom is 0.407 e. The molecule has 1 saturated carbocycles. The van der Waals surface area contributed by atoms with Crippen LogP contribution in [-0.4, -0.2) is 28.9 Å². The Labute approximate surface area is 137 Å². The van der Waals surface area contributed by atoms with Gasteiger partial charge in [0.15, 0.2) is 0 Å². The van der Waals surface area contributed by atoms with Crippen LogP contribution in [0.1, 0.15) is 57.2 Å². The van der Waals surface area contributed by atoms with Gasteiger partial charge in [0.05, 0.1) is 0 Å². The van der Waals surface area contributed by atoms with Gasteiger partial charge in [0.2, 0.25) is 0 Å². The third-order valence-corrected chi connectivity index (χ3v) is 4.54. The molecule has 3 rings (SSSR count). The number of hydrogen-bond donors (Lipinski definition) is 3. The molecule has 23 heavy (non-hydrogen) atoms. The molecule has 0 aromatic heterocycles. The molecule has 126 valence electrons. The van der Waals surface area contributed by atoms with E-state index in [1.54, 1.807) is 6.07 Å². The monoisotopic (exact) mass is 318 g/mol. The van der Waals surface area contributed by atoms with Crippen LogP contribution in [0.5, 0.6) is 5.75 Å². The lowest BCUT2D eigenvalue weighted by atomic mass is 9.86. The second-order valence-electron chi connectivity index (χ2n) is 7.61. The highest BCUT2D eigenvalue weighted by atomic mass is 16.6. The van der Waals surface area contributed by atoms with Crippen LogP contribution in [0.2, 0.25) is 0 Å². The lowest BCUT2D eigenvalue weighted by Gasteiger charge is -2.38. The molecule has 2 aliphatic rings. The Morgan fingerprint density at radius 2 is 2.00 bits per heavy atom. The van der Waals surface area contributed by atoms with E-state index in [0.29, 0.717) is 17.8 Å². The van der Waals surface area contributed by atoms with Crippen LogP contribution in [-0.2, 0) is 11.2 Å². The summed E-state index contributed by atoms with van der Waals surface area (Å²) in [5, 5.41) is 16.5. The van der Waals surface area contributed by atoms with Crippen molar-refractivity contribution in [2.24, 2.45) is 0 Å². The Kier molecular flexibility index (Phi) is 4.23. The smallest absolute Gasteiger partial charge is 0.407 e. The van der Waals surface area contributed by atoms with Crippen molar-refractivity contribution in [3.8, 4) is 5.75 Å². The summed E-state index contributed by atoms with van der Waals surface area (Å²) in [6.07, 6.45) is 3.45. The Bertz CT molecular complexity index is 588. The zero-order valence-corrected chi connectivity index (χ0v) is 14.1. The first-order valence-corrected chi connectivity index (χ1v) is 8.38. The van der Waals surface area contributed by atoms with Crippen LogP contribution in [0.25, 0.3) is 0 Å². The van der Waals surface area contributed by atoms with Crippen molar-refractivity contribution >= 4 is 6.09 Å². The van der Waals surface area contributed by atoms with Gasteiger partial charge in [-0.05, 0) is 63.6 Å². The molecule has 0 heterocycles. The van der Waals surface area contributed by atoms with Crippen LogP contribution in [0, 0.1) is 0 Å². The molecular weight excluding hydrogens is 292 g/mol. The third-order valence-electron chi connectivity index (χ3n) is 4.54. The summed E-state index contributed by atoms with van der Waals surface area (Å²) in [6, 6.07) is 6.66. The summed E-state index contributed by atoms with van der Waals surface area (Å²) >= 11 is 0. The summed E-state index contributed by atoms with van der Waals surface area (Å²) < 4.78 is 5.27. The minimum absolute atomic E-state index is 0.187. The van der Waals surface area contributed by atoms with Gasteiger partial charge >= 0.3 is 6.09 Å². The van der Waals surface area contributed by atoms with Gasteiger partial charge in [-0.3, -0.25) is 0 Å². The Hall–Kier alpha value is -1.75. The number of amides is 1. The minimum Gasteiger partial charge on any atom is -0.508 e. The second-order valence-corrected chi connectivity index (χ2v) is 7.61. The van der Waals surface area contributed by atoms with Gasteiger partial charge in [0.25, 0.3) is 0 Å². The van der Waals surface area contributed by atoms with Crippen molar-refractivity contribution < 1.29 is 14.6 Å². The van der Waals surface area contributed by atoms with E-state index in [1.165, 1.54) is 5.56 Å². The summed E-state index contributed by atoms with van der Waals surface area (Å²) in [7, 11) is 0. The predicted octanol–water partition coefficient (Wildman–Crippen LogP) is 3.02. The zero-order chi connectivity index (χ0) is 16.6. The topological polar surface area (TPSA) is 70.6 Å². The molecule has 1 atom stereocenters. The molecule has 0 radical (unpaired) electrons. The molecule has 3 N–H and O–H groups in total. The highest BCUT2D eigenvalue weighted by molar-refractivity contribution is 5.68. The average Bonchev–Trinajstić information content (AvgIpc) is 2.79. The van der Waals surface area contributed by atoms with Crippen molar-refractivity contribution in [1.29, 1.82) is 0 Å². The van der Waals surface area contributed by atoms with Gasteiger partial charge in [-0.1, -0.05) is 12.1 Å². The maximum atomic E-state index is 11.7. The molecule has 1 fully saturated rings. The molecule has 0 spiro atoms. The number of carbonyl (C=O) groups excluding carboxylic acids is 1. The molecule has 0 aliphatic heterocycles. The van der Waals surface area contributed by atoms with E-state index in [9.17, 15) is 9.90 Å². The Balaban J connectivity index is 1.45. The van der Waals surface area contributed by atoms with Crippen LogP contribution < -0.4 is 10.6 Å². The number of benzene rings is 1. The van der Waals surface area contributed by atoms with E-state index in [4.69, 9.17) is 4.74 Å². The number of fused-ring (bicyclic) bond motifs is 1. The molecule has 0 bridgehead atoms. The molecular formula is C18H26N2O3. The highest BCUT2D eigenvalue weighted by Crippen LogP contribution is 2.37. The molecule has 5 heteroatoms. The molecule has 0 saturated heterocycles. The fourth-order valence-corrected chi connectivity index (χ4v) is 3.44. The van der Waals surface area contributed by atoms with Crippen molar-refractivity contribution in [1.82, 2.24) is 10.6 Å². The van der Waals surface area contributed by atoms with Crippen LogP contribution in [0.3, 0.4) is 0 Å². The average molecular weight is 318 g/mol. The number of nitrogens with one attached hydrogen (secondary N) is 2. The first-order chi connectivity index (χ1) is 10.8. The Morgan fingerprint density at radius 1 is 1.26 bits per heavy atom. The number of phenolic OH excluding ortho intramolecular Hbond substituents is 1. The van der Waals surface area contributed by atoms with E-state index >= 15 is 0 Å². The van der Waals surface area contributed by atoms with Crippen molar-refractivity contribution in [2.75, 3.05) is 0 Å². The Morgan fingerprint density at radius 3 is 2.70 bits per heavy atom. The maximum absolute atomic E-state index is 11.7. The quantitative estimate of drug-likeness (QED) is 0.801. The normalized spacial score (nSPS) is 26.3. The summed E-state index contributed by atoms with van der Waals surface area (Å²) in [6.45, 7) is 5.60. The molecule has 1 amide bonds. The first kappa shape index (κ1) is 16.1. The van der Waals surface area contributed by atoms with E-state index in [2.05, 4.69) is 16.7 Å². The molecule has 1 unspecified atom stereocenters. The number of carbonyl (C=O) groups is 1. The summed E-state index contributed by atoms with van der Waals surface area (Å²) in [5.41, 5.74) is 1.84. The zero-order valence-electron chi connectivity index (χ0n) is 14.1. The number of phenols is 1. The van der Waals surface area contributed by atoms with Gasteiger partial charge in [0, 0.05) is 18.1 Å². The predicted molar refractivity (Wildman–Crippen MR) is 88.5 cm³/mol. The van der Waals surface area contributed by atoms with E-state index in [-0.39, 0.29) is 12.1 Å². The highest BCUT2D eigenvalue weighted by Gasteiger charge is 2.35. The summed E-state index contributed by atoms with van der Waals surface area (Å²) in [5.74, 6) is 0.407. The lowest BCUT2D eigenvalue weighted by molar-refractivity contribution is 0.0463. The van der Waals surface area contributed by atoms with Gasteiger partial charge in [-0.15, -0.1) is 0 Å². The fraction of sp³-hybridized carbons (Fsp3) is 0.611. The van der Waals surface area contributed by atoms with E-state index < -0.39 is 5.60 Å². The van der Waals surface area contributed by atoms with Crippen LogP contribution in [0.15, 0.2) is 18.2 Å². The number of hydrogen-bond acceptors (Lipinski definition) is 4.